The fourth-order valence-electron chi connectivity index (χ4n) is 3.51. The summed E-state index contributed by atoms with van der Waals surface area (Å²) in [5.74, 6) is 0.524. The molecule has 34 heavy (non-hydrogen) atoms. The Morgan fingerprint density at radius 2 is 1.26 bits per heavy atom. The maximum absolute atomic E-state index is 4.22. The van der Waals surface area contributed by atoms with E-state index in [0.717, 1.165) is 22.4 Å². The van der Waals surface area contributed by atoms with Gasteiger partial charge in [0.05, 0.1) is 0 Å². The maximum Gasteiger partial charge on any atom is 3.00 e. The second-order valence-electron chi connectivity index (χ2n) is 8.04. The fourth-order valence-corrected chi connectivity index (χ4v) is 3.51. The molecule has 1 heterocycles. The third-order valence-electron chi connectivity index (χ3n) is 5.34. The molecule has 168 valence electrons. The zero-order chi connectivity index (χ0) is 22.9. The van der Waals surface area contributed by atoms with Gasteiger partial charge in [-0.2, -0.15) is 36.4 Å². The number of pyridine rings is 1. The van der Waals surface area contributed by atoms with Gasteiger partial charge >= 0.3 is 20.1 Å². The summed E-state index contributed by atoms with van der Waals surface area (Å²) in [7, 11) is 0. The van der Waals surface area contributed by atoms with Crippen molar-refractivity contribution in [1.82, 2.24) is 4.98 Å². The summed E-state index contributed by atoms with van der Waals surface area (Å²) >= 11 is 0. The molecule has 1 aromatic heterocycles. The van der Waals surface area contributed by atoms with Gasteiger partial charge in [-0.1, -0.05) is 56.3 Å². The Labute approximate surface area is 216 Å². The third kappa shape index (κ3) is 6.84. The van der Waals surface area contributed by atoms with Crippen LogP contribution in [0, 0.1) is 18.2 Å². The molecule has 0 aliphatic carbocycles. The Morgan fingerprint density at radius 1 is 0.588 bits per heavy atom. The summed E-state index contributed by atoms with van der Waals surface area (Å²) in [6.07, 6.45) is 1.79. The second-order valence-corrected chi connectivity index (χ2v) is 8.04. The normalized spacial score (nSPS) is 10.1. The number of nitrogens with zero attached hydrogens (tertiary/aromatic N) is 1. The Balaban J connectivity index is 0.000000212. The minimum atomic E-state index is 0. The molecule has 0 aliphatic heterocycles. The van der Waals surface area contributed by atoms with Gasteiger partial charge in [0, 0.05) is 6.20 Å². The summed E-state index contributed by atoms with van der Waals surface area (Å²) < 4.78 is 0. The van der Waals surface area contributed by atoms with E-state index in [2.05, 4.69) is 85.6 Å². The molecular weight excluding hydrogens is 591 g/mol. The first-order chi connectivity index (χ1) is 16.2. The predicted molar refractivity (Wildman–Crippen MR) is 138 cm³/mol. The second kappa shape index (κ2) is 12.8. The zero-order valence-electron chi connectivity index (χ0n) is 19.3. The Bertz CT molecular complexity index is 1230. The summed E-state index contributed by atoms with van der Waals surface area (Å²) in [6.45, 7) is 4.42. The molecular formula is C32H26IrN. The van der Waals surface area contributed by atoms with Crippen LogP contribution in [0.2, 0.25) is 0 Å². The van der Waals surface area contributed by atoms with Crippen LogP contribution >= 0.6 is 0 Å². The standard InChI is InChI=1S/C21H18.C11H8N.Ir/c1-16(2)18-10-6-12-20(14-18)21-13-7-11-19(15-21)17-8-4-3-5-9-17;1-2-6-10(7-3-1)11-8-4-5-9-12-11;/h3-11,14-16H,1-2H3;1-6,8-9H;/q-2;-1;+3. The number of aromatic nitrogens is 1. The van der Waals surface area contributed by atoms with Crippen LogP contribution in [0.4, 0.5) is 0 Å². The van der Waals surface area contributed by atoms with E-state index < -0.39 is 0 Å². The summed E-state index contributed by atoms with van der Waals surface area (Å²) in [5, 5.41) is 0. The van der Waals surface area contributed by atoms with Crippen LogP contribution in [0.25, 0.3) is 33.5 Å². The number of hydrogen-bond donors (Lipinski definition) is 0. The van der Waals surface area contributed by atoms with Crippen molar-refractivity contribution in [3.63, 3.8) is 0 Å². The van der Waals surface area contributed by atoms with Crippen molar-refractivity contribution in [1.29, 1.82) is 0 Å². The molecule has 0 amide bonds. The van der Waals surface area contributed by atoms with Crippen LogP contribution in [-0.4, -0.2) is 4.98 Å². The quantitative estimate of drug-likeness (QED) is 0.185. The van der Waals surface area contributed by atoms with Gasteiger partial charge in [0.25, 0.3) is 0 Å². The van der Waals surface area contributed by atoms with E-state index in [4.69, 9.17) is 0 Å². The van der Waals surface area contributed by atoms with E-state index in [1.807, 2.05) is 60.7 Å². The van der Waals surface area contributed by atoms with Crippen molar-refractivity contribution >= 4 is 0 Å². The number of benzene rings is 4. The Hall–Kier alpha value is -3.32. The molecule has 0 bridgehead atoms. The van der Waals surface area contributed by atoms with E-state index in [9.17, 15) is 0 Å². The molecule has 4 aromatic carbocycles. The van der Waals surface area contributed by atoms with Crippen LogP contribution in [0.15, 0.2) is 115 Å². The average molecular weight is 617 g/mol. The summed E-state index contributed by atoms with van der Waals surface area (Å²) in [6, 6.07) is 46.6. The molecule has 2 heteroatoms. The summed E-state index contributed by atoms with van der Waals surface area (Å²) in [4.78, 5) is 4.22. The van der Waals surface area contributed by atoms with Crippen LogP contribution in [0.5, 0.6) is 0 Å². The summed E-state index contributed by atoms with van der Waals surface area (Å²) in [5.41, 5.74) is 8.00. The fraction of sp³-hybridized carbons (Fsp3) is 0.0938. The van der Waals surface area contributed by atoms with Crippen LogP contribution in [0.3, 0.4) is 0 Å². The van der Waals surface area contributed by atoms with E-state index in [-0.39, 0.29) is 20.1 Å². The first-order valence-electron chi connectivity index (χ1n) is 11.2. The van der Waals surface area contributed by atoms with Gasteiger partial charge in [-0.05, 0) is 23.2 Å². The van der Waals surface area contributed by atoms with Gasteiger partial charge in [0.2, 0.25) is 0 Å². The van der Waals surface area contributed by atoms with Gasteiger partial charge in [-0.15, -0.1) is 59.2 Å². The van der Waals surface area contributed by atoms with Crippen LogP contribution in [0.1, 0.15) is 25.3 Å². The SMILES string of the molecule is CC(C)c1cc[c-]c(-c2[c-]ccc(-c3ccccc3)c2)c1.[Ir+3].[c-]1ccccc1-c1ccccn1. The van der Waals surface area contributed by atoms with Crippen molar-refractivity contribution in [2.45, 2.75) is 19.8 Å². The van der Waals surface area contributed by atoms with Crippen molar-refractivity contribution in [2.75, 3.05) is 0 Å². The molecule has 0 saturated carbocycles. The molecule has 0 N–H and O–H groups in total. The predicted octanol–water partition coefficient (Wildman–Crippen LogP) is 8.29. The van der Waals surface area contributed by atoms with Crippen LogP contribution < -0.4 is 0 Å². The molecule has 0 unspecified atom stereocenters. The van der Waals surface area contributed by atoms with Gasteiger partial charge in [-0.25, -0.2) is 11.1 Å². The van der Waals surface area contributed by atoms with E-state index in [1.54, 1.807) is 6.20 Å². The molecule has 0 aliphatic rings. The van der Waals surface area contributed by atoms with Crippen molar-refractivity contribution in [2.24, 2.45) is 0 Å². The minimum absolute atomic E-state index is 0. The van der Waals surface area contributed by atoms with Gasteiger partial charge < -0.3 is 4.98 Å². The molecule has 0 atom stereocenters. The molecule has 0 saturated heterocycles. The molecule has 5 aromatic rings. The van der Waals surface area contributed by atoms with Crippen molar-refractivity contribution < 1.29 is 20.1 Å². The van der Waals surface area contributed by atoms with Crippen molar-refractivity contribution in [3.8, 4) is 33.5 Å². The van der Waals surface area contributed by atoms with Gasteiger partial charge in [0.15, 0.2) is 0 Å². The maximum atomic E-state index is 4.22. The monoisotopic (exact) mass is 617 g/mol. The van der Waals surface area contributed by atoms with Crippen LogP contribution in [-0.2, 0) is 20.1 Å². The van der Waals surface area contributed by atoms with E-state index in [1.165, 1.54) is 16.7 Å². The van der Waals surface area contributed by atoms with Gasteiger partial charge in [-0.3, -0.25) is 0 Å². The van der Waals surface area contributed by atoms with Gasteiger partial charge in [0.1, 0.15) is 0 Å². The largest absolute Gasteiger partial charge is 3.00 e. The Morgan fingerprint density at radius 3 is 1.94 bits per heavy atom. The average Bonchev–Trinajstić information content (AvgIpc) is 2.91. The number of rotatable bonds is 4. The number of hydrogen-bond acceptors (Lipinski definition) is 1. The first kappa shape index (κ1) is 25.3. The topological polar surface area (TPSA) is 12.9 Å². The Kier molecular flexibility index (Phi) is 9.52. The van der Waals surface area contributed by atoms with E-state index >= 15 is 0 Å². The molecule has 5 rings (SSSR count). The minimum Gasteiger partial charge on any atom is -0.305 e. The smallest absolute Gasteiger partial charge is 0.305 e. The molecule has 0 radical (unpaired) electrons. The first-order valence-corrected chi connectivity index (χ1v) is 11.2. The van der Waals surface area contributed by atoms with E-state index in [0.29, 0.717) is 5.92 Å². The molecule has 1 nitrogen and oxygen atoms in total. The third-order valence-corrected chi connectivity index (χ3v) is 5.34. The molecule has 0 fully saturated rings. The van der Waals surface area contributed by atoms with Crippen molar-refractivity contribution in [3.05, 3.63) is 139 Å². The molecule has 0 spiro atoms. The zero-order valence-corrected chi connectivity index (χ0v) is 21.7.